The Morgan fingerprint density at radius 3 is 2.24 bits per heavy atom. The molecule has 152 valence electrons. The Labute approximate surface area is 172 Å². The Bertz CT molecular complexity index is 974. The highest BCUT2D eigenvalue weighted by molar-refractivity contribution is 6.46. The zero-order valence-corrected chi connectivity index (χ0v) is 17.7. The fourth-order valence-electron chi connectivity index (χ4n) is 3.65. The lowest BCUT2D eigenvalue weighted by Gasteiger charge is -2.26. The van der Waals surface area contributed by atoms with E-state index in [1.165, 1.54) is 0 Å². The Hall–Kier alpha value is -2.92. The van der Waals surface area contributed by atoms with Crippen molar-refractivity contribution in [1.82, 2.24) is 9.80 Å². The standard InChI is InChI=1S/C24H28N2O3/c1-15-7-10-18(11-8-15)21-20(22(27)19-14-16(2)6-9-17(19)3)23(28)24(29)26(21)13-12-25(4)5/h6-11,14,21,27H,12-13H2,1-5H3/b22-20+/t21-/m0/s1. The van der Waals surface area contributed by atoms with Crippen LogP contribution in [0.4, 0.5) is 0 Å². The quantitative estimate of drug-likeness (QED) is 0.480. The fourth-order valence-corrected chi connectivity index (χ4v) is 3.65. The second-order valence-corrected chi connectivity index (χ2v) is 8.02. The molecule has 1 aliphatic rings. The van der Waals surface area contributed by atoms with Gasteiger partial charge in [0.2, 0.25) is 0 Å². The van der Waals surface area contributed by atoms with E-state index in [1.54, 1.807) is 4.90 Å². The number of ketones is 1. The summed E-state index contributed by atoms with van der Waals surface area (Å²) in [7, 11) is 3.85. The second kappa shape index (κ2) is 8.21. The highest BCUT2D eigenvalue weighted by Gasteiger charge is 2.45. The third-order valence-corrected chi connectivity index (χ3v) is 5.37. The third kappa shape index (κ3) is 4.10. The first kappa shape index (κ1) is 20.8. The lowest BCUT2D eigenvalue weighted by Crippen LogP contribution is -2.35. The van der Waals surface area contributed by atoms with Gasteiger partial charge in [0.25, 0.3) is 11.7 Å². The van der Waals surface area contributed by atoms with Crippen LogP contribution in [0, 0.1) is 20.8 Å². The number of likely N-dealkylation sites (tertiary alicyclic amines) is 1. The van der Waals surface area contributed by atoms with Gasteiger partial charge in [0.15, 0.2) is 0 Å². The van der Waals surface area contributed by atoms with Gasteiger partial charge in [-0.1, -0.05) is 47.5 Å². The van der Waals surface area contributed by atoms with Crippen LogP contribution in [-0.4, -0.2) is 53.8 Å². The van der Waals surface area contributed by atoms with Gasteiger partial charge in [-0.15, -0.1) is 0 Å². The molecule has 0 aliphatic carbocycles. The van der Waals surface area contributed by atoms with Crippen molar-refractivity contribution in [2.45, 2.75) is 26.8 Å². The maximum absolute atomic E-state index is 13.0. The molecule has 0 radical (unpaired) electrons. The van der Waals surface area contributed by atoms with Gasteiger partial charge in [-0.3, -0.25) is 9.59 Å². The van der Waals surface area contributed by atoms with Crippen LogP contribution in [0.1, 0.15) is 33.9 Å². The van der Waals surface area contributed by atoms with Crippen LogP contribution in [0.15, 0.2) is 48.0 Å². The zero-order chi connectivity index (χ0) is 21.3. The highest BCUT2D eigenvalue weighted by Crippen LogP contribution is 2.39. The Balaban J connectivity index is 2.19. The van der Waals surface area contributed by atoms with E-state index >= 15 is 0 Å². The summed E-state index contributed by atoms with van der Waals surface area (Å²) in [5.41, 5.74) is 4.49. The number of hydrogen-bond acceptors (Lipinski definition) is 4. The lowest BCUT2D eigenvalue weighted by atomic mass is 9.93. The Morgan fingerprint density at radius 1 is 1.00 bits per heavy atom. The minimum atomic E-state index is -0.632. The van der Waals surface area contributed by atoms with Gasteiger partial charge in [-0.25, -0.2) is 0 Å². The predicted octanol–water partition coefficient (Wildman–Crippen LogP) is 3.60. The number of rotatable bonds is 5. The molecule has 1 heterocycles. The summed E-state index contributed by atoms with van der Waals surface area (Å²) in [4.78, 5) is 29.4. The van der Waals surface area contributed by atoms with Crippen LogP contribution < -0.4 is 0 Å². The van der Waals surface area contributed by atoms with Gasteiger partial charge in [-0.05, 0) is 52.1 Å². The number of amides is 1. The molecule has 1 saturated heterocycles. The molecule has 1 fully saturated rings. The van der Waals surface area contributed by atoms with E-state index < -0.39 is 17.7 Å². The second-order valence-electron chi connectivity index (χ2n) is 8.02. The number of hydrogen-bond donors (Lipinski definition) is 1. The predicted molar refractivity (Wildman–Crippen MR) is 115 cm³/mol. The average Bonchev–Trinajstić information content (AvgIpc) is 2.93. The van der Waals surface area contributed by atoms with Gasteiger partial charge in [0.1, 0.15) is 5.76 Å². The minimum Gasteiger partial charge on any atom is -0.507 e. The van der Waals surface area contributed by atoms with Crippen molar-refractivity contribution < 1.29 is 14.7 Å². The van der Waals surface area contributed by atoms with Crippen molar-refractivity contribution >= 4 is 17.4 Å². The normalized spacial score (nSPS) is 18.7. The number of nitrogens with zero attached hydrogens (tertiary/aromatic N) is 2. The summed E-state index contributed by atoms with van der Waals surface area (Å²) < 4.78 is 0. The molecule has 29 heavy (non-hydrogen) atoms. The Kier molecular flexibility index (Phi) is 5.89. The van der Waals surface area contributed by atoms with E-state index in [1.807, 2.05) is 82.2 Å². The molecule has 1 aliphatic heterocycles. The zero-order valence-electron chi connectivity index (χ0n) is 17.7. The number of aliphatic hydroxyl groups is 1. The maximum Gasteiger partial charge on any atom is 0.295 e. The number of aliphatic hydroxyl groups excluding tert-OH is 1. The summed E-state index contributed by atoms with van der Waals surface area (Å²) in [6.45, 7) is 6.84. The summed E-state index contributed by atoms with van der Waals surface area (Å²) in [6, 6.07) is 12.9. The number of carbonyl (C=O) groups excluding carboxylic acids is 2. The van der Waals surface area contributed by atoms with E-state index in [2.05, 4.69) is 0 Å². The highest BCUT2D eigenvalue weighted by atomic mass is 16.3. The maximum atomic E-state index is 13.0. The van der Waals surface area contributed by atoms with Crippen molar-refractivity contribution in [3.8, 4) is 0 Å². The SMILES string of the molecule is Cc1ccc([C@H]2/C(=C(\O)c3cc(C)ccc3C)C(=O)C(=O)N2CCN(C)C)cc1. The fraction of sp³-hybridized carbons (Fsp3) is 0.333. The van der Waals surface area contributed by atoms with E-state index in [0.29, 0.717) is 18.7 Å². The molecule has 0 spiro atoms. The van der Waals surface area contributed by atoms with Gasteiger partial charge >= 0.3 is 0 Å². The minimum absolute atomic E-state index is 0.109. The van der Waals surface area contributed by atoms with Crippen LogP contribution in [0.2, 0.25) is 0 Å². The first-order chi connectivity index (χ1) is 13.7. The number of Topliss-reactive ketones (excluding diaryl/α,β-unsaturated/α-hetero) is 1. The van der Waals surface area contributed by atoms with Crippen molar-refractivity contribution in [2.75, 3.05) is 27.2 Å². The van der Waals surface area contributed by atoms with Crippen LogP contribution in [-0.2, 0) is 9.59 Å². The monoisotopic (exact) mass is 392 g/mol. The van der Waals surface area contributed by atoms with Gasteiger partial charge in [0, 0.05) is 18.7 Å². The summed E-state index contributed by atoms with van der Waals surface area (Å²) in [5, 5.41) is 11.2. The van der Waals surface area contributed by atoms with Gasteiger partial charge in [-0.2, -0.15) is 0 Å². The van der Waals surface area contributed by atoms with Crippen LogP contribution >= 0.6 is 0 Å². The van der Waals surface area contributed by atoms with Crippen molar-refractivity contribution in [1.29, 1.82) is 0 Å². The van der Waals surface area contributed by atoms with Gasteiger partial charge < -0.3 is 14.9 Å². The molecule has 5 nitrogen and oxygen atoms in total. The molecular formula is C24H28N2O3. The summed E-state index contributed by atoms with van der Waals surface area (Å²) in [5.74, 6) is -1.31. The average molecular weight is 392 g/mol. The Morgan fingerprint density at radius 2 is 1.62 bits per heavy atom. The van der Waals surface area contributed by atoms with Crippen LogP contribution in [0.3, 0.4) is 0 Å². The molecule has 3 rings (SSSR count). The molecule has 0 saturated carbocycles. The van der Waals surface area contributed by atoms with Crippen molar-refractivity contribution in [2.24, 2.45) is 0 Å². The first-order valence-electron chi connectivity index (χ1n) is 9.78. The van der Waals surface area contributed by atoms with Crippen LogP contribution in [0.5, 0.6) is 0 Å². The molecule has 1 amide bonds. The summed E-state index contributed by atoms with van der Waals surface area (Å²) in [6.07, 6.45) is 0. The molecule has 0 bridgehead atoms. The molecule has 0 unspecified atom stereocenters. The third-order valence-electron chi connectivity index (χ3n) is 5.37. The topological polar surface area (TPSA) is 60.9 Å². The molecular weight excluding hydrogens is 364 g/mol. The number of aryl methyl sites for hydroxylation is 3. The van der Waals surface area contributed by atoms with Gasteiger partial charge in [0.05, 0.1) is 11.6 Å². The molecule has 2 aromatic rings. The molecule has 1 atom stereocenters. The molecule has 0 aromatic heterocycles. The number of likely N-dealkylation sites (N-methyl/N-ethyl adjacent to an activating group) is 1. The molecule has 2 aromatic carbocycles. The largest absolute Gasteiger partial charge is 0.507 e. The van der Waals surface area contributed by atoms with E-state index in [-0.39, 0.29) is 11.3 Å². The number of benzene rings is 2. The molecule has 1 N–H and O–H groups in total. The van der Waals surface area contributed by atoms with Crippen LogP contribution in [0.25, 0.3) is 5.76 Å². The molecule has 5 heteroatoms. The van der Waals surface area contributed by atoms with Crippen molar-refractivity contribution in [3.05, 3.63) is 75.9 Å². The van der Waals surface area contributed by atoms with Crippen molar-refractivity contribution in [3.63, 3.8) is 0 Å². The smallest absolute Gasteiger partial charge is 0.295 e. The lowest BCUT2D eigenvalue weighted by molar-refractivity contribution is -0.140. The van der Waals surface area contributed by atoms with E-state index in [0.717, 1.165) is 22.3 Å². The van der Waals surface area contributed by atoms with E-state index in [9.17, 15) is 14.7 Å². The number of carbonyl (C=O) groups is 2. The van der Waals surface area contributed by atoms with E-state index in [4.69, 9.17) is 0 Å². The first-order valence-corrected chi connectivity index (χ1v) is 9.78. The summed E-state index contributed by atoms with van der Waals surface area (Å²) >= 11 is 0.